The number of fused-ring (bicyclic) bond motifs is 3. The molecule has 0 amide bonds. The van der Waals surface area contributed by atoms with Crippen LogP contribution in [0.1, 0.15) is 46.3 Å². The van der Waals surface area contributed by atoms with Gasteiger partial charge in [0.2, 0.25) is 40.7 Å². The Morgan fingerprint density at radius 1 is 0.753 bits per heavy atom. The number of halogens is 6. The smallest absolute Gasteiger partial charge is 0.334 e. The van der Waals surface area contributed by atoms with Crippen LogP contribution in [-0.4, -0.2) is 61.3 Å². The van der Waals surface area contributed by atoms with Crippen molar-refractivity contribution in [2.24, 2.45) is 10.2 Å². The van der Waals surface area contributed by atoms with Crippen LogP contribution >= 0.6 is 11.6 Å². The molecule has 1 unspecified atom stereocenters. The van der Waals surface area contributed by atoms with Crippen LogP contribution in [0.5, 0.6) is 17.2 Å². The molecule has 0 radical (unpaired) electrons. The molecule has 2 heterocycles. The van der Waals surface area contributed by atoms with Gasteiger partial charge in [-0.05, 0) is 108 Å². The van der Waals surface area contributed by atoms with E-state index in [2.05, 4.69) is 20.4 Å². The first-order valence-corrected chi connectivity index (χ1v) is 24.4. The number of nitro benzene ring substituents is 1. The van der Waals surface area contributed by atoms with Crippen molar-refractivity contribution in [2.45, 2.75) is 37.3 Å². The van der Waals surface area contributed by atoms with E-state index < -0.39 is 57.4 Å². The van der Waals surface area contributed by atoms with Crippen molar-refractivity contribution in [1.29, 1.82) is 0 Å². The highest BCUT2D eigenvalue weighted by molar-refractivity contribution is 6.33. The fourth-order valence-corrected chi connectivity index (χ4v) is 9.49. The summed E-state index contributed by atoms with van der Waals surface area (Å²) in [6.07, 6.45) is 2.58. The number of non-ortho nitro benzene ring substituents is 1. The van der Waals surface area contributed by atoms with Crippen LogP contribution in [0.4, 0.5) is 50.4 Å². The molecule has 1 aliphatic rings. The van der Waals surface area contributed by atoms with E-state index in [9.17, 15) is 41.7 Å². The molecular formula is C57H46ClF5N6O8. The van der Waals surface area contributed by atoms with Crippen LogP contribution in [0.2, 0.25) is 5.02 Å². The minimum atomic E-state index is -2.38. The maximum atomic E-state index is 14.4. The van der Waals surface area contributed by atoms with Gasteiger partial charge in [0, 0.05) is 61.0 Å². The quantitative estimate of drug-likeness (QED) is 0.00744. The lowest BCUT2D eigenvalue weighted by Crippen LogP contribution is -2.34. The van der Waals surface area contributed by atoms with Gasteiger partial charge in [-0.3, -0.25) is 19.5 Å². The fourth-order valence-electron chi connectivity index (χ4n) is 9.28. The second kappa shape index (κ2) is 23.1. The van der Waals surface area contributed by atoms with Crippen molar-refractivity contribution in [3.05, 3.63) is 212 Å². The Morgan fingerprint density at radius 3 is 1.97 bits per heavy atom. The number of carbonyl (C=O) groups excluding carboxylic acids is 2. The van der Waals surface area contributed by atoms with E-state index in [4.69, 9.17) is 30.5 Å². The highest BCUT2D eigenvalue weighted by Gasteiger charge is 2.38. The first-order chi connectivity index (χ1) is 37.2. The predicted molar refractivity (Wildman–Crippen MR) is 279 cm³/mol. The summed E-state index contributed by atoms with van der Waals surface area (Å²) in [4.78, 5) is 39.8. The summed E-state index contributed by atoms with van der Waals surface area (Å²) in [5.41, 5.74) is 4.52. The molecule has 1 N–H and O–H groups in total. The third-order valence-corrected chi connectivity index (χ3v) is 13.5. The van der Waals surface area contributed by atoms with E-state index in [1.54, 1.807) is 50.7 Å². The van der Waals surface area contributed by atoms with Crippen molar-refractivity contribution in [1.82, 2.24) is 4.57 Å². The third kappa shape index (κ3) is 11.0. The number of esters is 1. The van der Waals surface area contributed by atoms with Gasteiger partial charge >= 0.3 is 5.97 Å². The summed E-state index contributed by atoms with van der Waals surface area (Å²) < 4.78 is 94.4. The lowest BCUT2D eigenvalue weighted by Gasteiger charge is -2.36. The number of anilines is 2. The predicted octanol–water partition coefficient (Wildman–Crippen LogP) is 13.6. The van der Waals surface area contributed by atoms with Crippen LogP contribution < -0.4 is 24.4 Å². The molecule has 14 nitrogen and oxygen atoms in total. The number of nitrogens with one attached hydrogen (secondary N) is 1. The maximum Gasteiger partial charge on any atom is 0.334 e. The summed E-state index contributed by atoms with van der Waals surface area (Å²) in [7, 11) is 3.22. The zero-order valence-corrected chi connectivity index (χ0v) is 41.9. The number of methoxy groups -OCH3 is 2. The number of ether oxygens (including phenoxy) is 4. The molecule has 0 aliphatic carbocycles. The van der Waals surface area contributed by atoms with Gasteiger partial charge in [-0.15, -0.1) is 5.11 Å². The zero-order valence-electron chi connectivity index (χ0n) is 41.2. The molecule has 77 heavy (non-hydrogen) atoms. The third-order valence-electron chi connectivity index (χ3n) is 13.2. The summed E-state index contributed by atoms with van der Waals surface area (Å²) in [5.74, 6) is -13.3. The van der Waals surface area contributed by atoms with Gasteiger partial charge in [-0.1, -0.05) is 66.2 Å². The average Bonchev–Trinajstić information content (AvgIpc) is 4.15. The number of hydrogen-bond donors (Lipinski definition) is 1. The Labute approximate surface area is 442 Å². The van der Waals surface area contributed by atoms with Gasteiger partial charge in [0.25, 0.3) is 5.69 Å². The number of aromatic nitrogens is 1. The SMILES string of the molecule is COc1ccc(C(OCCCN(CCCC(=O)n2ccc3c4c(ccc32)NC(C(=O)Oc2c(F)c(F)c(F)c(F)c2F)C4)c2ccc(N=Nc3ccc([N+](=O)[O-])cc3Cl)cc2)(c2ccccc2)c2ccc(OC)cc2)cc1. The van der Waals surface area contributed by atoms with E-state index in [-0.39, 0.29) is 41.8 Å². The lowest BCUT2D eigenvalue weighted by atomic mass is 9.80. The summed E-state index contributed by atoms with van der Waals surface area (Å²) in [6.45, 7) is 1.20. The van der Waals surface area contributed by atoms with Crippen LogP contribution in [-0.2, 0) is 21.6 Å². The fraction of sp³-hybridized carbons (Fsp3) is 0.193. The number of benzene rings is 7. The second-order valence-corrected chi connectivity index (χ2v) is 18.1. The van der Waals surface area contributed by atoms with Crippen molar-refractivity contribution in [2.75, 3.05) is 44.1 Å². The van der Waals surface area contributed by atoms with Crippen LogP contribution in [0.15, 0.2) is 156 Å². The van der Waals surface area contributed by atoms with E-state index in [0.29, 0.717) is 65.3 Å². The molecule has 20 heteroatoms. The first kappa shape index (κ1) is 53.2. The van der Waals surface area contributed by atoms with Gasteiger partial charge in [0.1, 0.15) is 28.8 Å². The number of nitro groups is 1. The maximum absolute atomic E-state index is 14.4. The summed E-state index contributed by atoms with van der Waals surface area (Å²) in [6, 6.07) is 40.3. The Balaban J connectivity index is 0.929. The van der Waals surface area contributed by atoms with Crippen LogP contribution in [0, 0.1) is 39.2 Å². The number of carbonyl (C=O) groups is 2. The van der Waals surface area contributed by atoms with E-state index in [0.717, 1.165) is 22.4 Å². The normalized spacial score (nSPS) is 13.1. The van der Waals surface area contributed by atoms with Gasteiger partial charge in [0.15, 0.2) is 0 Å². The Bertz CT molecular complexity index is 3440. The van der Waals surface area contributed by atoms with Crippen molar-refractivity contribution >= 4 is 62.8 Å². The monoisotopic (exact) mass is 1070 g/mol. The Kier molecular flexibility index (Phi) is 15.9. The highest BCUT2D eigenvalue weighted by Crippen LogP contribution is 2.42. The molecule has 0 fully saturated rings. The average molecular weight is 1070 g/mol. The zero-order chi connectivity index (χ0) is 54.4. The molecular weight excluding hydrogens is 1030 g/mol. The molecule has 1 aliphatic heterocycles. The van der Waals surface area contributed by atoms with Crippen molar-refractivity contribution < 1.29 is 55.4 Å². The molecule has 8 aromatic rings. The minimum absolute atomic E-state index is 0.0683. The van der Waals surface area contributed by atoms with Gasteiger partial charge in [-0.25, -0.2) is 18.0 Å². The number of rotatable bonds is 20. The van der Waals surface area contributed by atoms with Gasteiger partial charge in [0.05, 0.1) is 42.0 Å². The number of azo groups is 1. The summed E-state index contributed by atoms with van der Waals surface area (Å²) in [5, 5.41) is 23.3. The second-order valence-electron chi connectivity index (χ2n) is 17.7. The molecule has 1 atom stereocenters. The van der Waals surface area contributed by atoms with Gasteiger partial charge < -0.3 is 29.2 Å². The molecule has 394 valence electrons. The highest BCUT2D eigenvalue weighted by atomic mass is 35.5. The molecule has 7 aromatic carbocycles. The van der Waals surface area contributed by atoms with Crippen LogP contribution in [0.25, 0.3) is 10.9 Å². The van der Waals surface area contributed by atoms with Crippen molar-refractivity contribution in [3.63, 3.8) is 0 Å². The lowest BCUT2D eigenvalue weighted by molar-refractivity contribution is -0.384. The molecule has 0 bridgehead atoms. The molecule has 9 rings (SSSR count). The minimum Gasteiger partial charge on any atom is -0.497 e. The Hall–Kier alpha value is -8.68. The largest absolute Gasteiger partial charge is 0.497 e. The first-order valence-electron chi connectivity index (χ1n) is 24.1. The molecule has 0 spiro atoms. The van der Waals surface area contributed by atoms with E-state index >= 15 is 0 Å². The van der Waals surface area contributed by atoms with Crippen molar-refractivity contribution in [3.8, 4) is 17.2 Å². The van der Waals surface area contributed by atoms with Crippen LogP contribution in [0.3, 0.4) is 0 Å². The van der Waals surface area contributed by atoms with E-state index in [1.165, 1.54) is 22.8 Å². The Morgan fingerprint density at radius 2 is 1.36 bits per heavy atom. The topological polar surface area (TPSA) is 159 Å². The van der Waals surface area contributed by atoms with E-state index in [1.807, 2.05) is 91.0 Å². The number of nitrogens with zero attached hydrogens (tertiary/aromatic N) is 5. The number of hydrogen-bond acceptors (Lipinski definition) is 12. The van der Waals surface area contributed by atoms with Gasteiger partial charge in [-0.2, -0.15) is 13.9 Å². The summed E-state index contributed by atoms with van der Waals surface area (Å²) >= 11 is 6.26. The molecule has 1 aromatic heterocycles. The molecule has 0 saturated carbocycles. The standard InChI is InChI=1S/C57H46ClF5N6O8/c1-74-40-20-11-35(12-21-40)57(34-8-4-3-5-9-34,36-13-22-41(75-2)23-14-36)76-31-7-29-67(38-17-15-37(16-18-38)65-66-46-24-19-39(69(72)73)32-44(46)58)28-6-10-49(70)68-30-27-42-43-33-47(64-45(43)25-26-48(42)68)56(71)77-55-53(62)51(60)50(59)52(61)54(55)63/h3-5,8-9,11-27,30,32,47,64H,6-7,10,28-29,31,33H2,1-2H3. The molecule has 0 saturated heterocycles.